The van der Waals surface area contributed by atoms with Crippen LogP contribution in [-0.2, 0) is 9.53 Å². The molecule has 130 valence electrons. The fourth-order valence-corrected chi connectivity index (χ4v) is 0.946. The van der Waals surface area contributed by atoms with E-state index in [1.54, 1.807) is 0 Å². The SMILES string of the molecule is C=C(C)C(=O)OCC(F)(F)C(F)(F)C(F)(F)C(F)(F)C(F)F. The lowest BCUT2D eigenvalue weighted by Crippen LogP contribution is -2.65. The third-order valence-corrected chi connectivity index (χ3v) is 2.28. The van der Waals surface area contributed by atoms with Crippen molar-refractivity contribution < 1.29 is 53.4 Å². The van der Waals surface area contributed by atoms with Gasteiger partial charge in [0, 0.05) is 5.57 Å². The van der Waals surface area contributed by atoms with Crippen LogP contribution in [0.15, 0.2) is 12.2 Å². The molecule has 12 heteroatoms. The van der Waals surface area contributed by atoms with E-state index in [9.17, 15) is 48.7 Å². The minimum Gasteiger partial charge on any atom is -0.456 e. The number of hydrogen-bond donors (Lipinski definition) is 0. The Morgan fingerprint density at radius 2 is 1.41 bits per heavy atom. The van der Waals surface area contributed by atoms with Crippen molar-refractivity contribution in [2.45, 2.75) is 37.0 Å². The van der Waals surface area contributed by atoms with Crippen molar-refractivity contribution in [2.24, 2.45) is 0 Å². The number of esters is 1. The van der Waals surface area contributed by atoms with Crippen LogP contribution in [0, 0.1) is 0 Å². The van der Waals surface area contributed by atoms with Gasteiger partial charge in [-0.1, -0.05) is 6.58 Å². The summed E-state index contributed by atoms with van der Waals surface area (Å²) in [5, 5.41) is 0. The van der Waals surface area contributed by atoms with Crippen LogP contribution >= 0.6 is 0 Å². The molecule has 0 atom stereocenters. The monoisotopic (exact) mass is 350 g/mol. The molecule has 0 saturated heterocycles. The van der Waals surface area contributed by atoms with Crippen LogP contribution in [0.25, 0.3) is 0 Å². The summed E-state index contributed by atoms with van der Waals surface area (Å²) in [6.07, 6.45) is -5.33. The zero-order valence-electron chi connectivity index (χ0n) is 10.6. The molecule has 22 heavy (non-hydrogen) atoms. The van der Waals surface area contributed by atoms with Gasteiger partial charge in [0.25, 0.3) is 0 Å². The van der Waals surface area contributed by atoms with Gasteiger partial charge in [-0.2, -0.15) is 35.1 Å². The number of rotatable bonds is 7. The Morgan fingerprint density at radius 1 is 1.00 bits per heavy atom. The molecule has 0 aromatic heterocycles. The maximum absolute atomic E-state index is 13.0. The second-order valence-corrected chi connectivity index (χ2v) is 4.13. The van der Waals surface area contributed by atoms with Crippen molar-refractivity contribution in [2.75, 3.05) is 6.61 Å². The van der Waals surface area contributed by atoms with Crippen LogP contribution in [0.5, 0.6) is 0 Å². The van der Waals surface area contributed by atoms with Gasteiger partial charge in [-0.3, -0.25) is 0 Å². The van der Waals surface area contributed by atoms with E-state index in [2.05, 4.69) is 11.3 Å². The predicted molar refractivity (Wildman–Crippen MR) is 51.6 cm³/mol. The molecule has 0 spiro atoms. The smallest absolute Gasteiger partial charge is 0.384 e. The van der Waals surface area contributed by atoms with Crippen LogP contribution in [0.1, 0.15) is 6.92 Å². The van der Waals surface area contributed by atoms with Crippen molar-refractivity contribution >= 4 is 5.97 Å². The normalized spacial score (nSPS) is 14.2. The van der Waals surface area contributed by atoms with E-state index in [0.717, 1.165) is 6.92 Å². The highest BCUT2D eigenvalue weighted by molar-refractivity contribution is 5.86. The first-order valence-electron chi connectivity index (χ1n) is 5.14. The summed E-state index contributed by atoms with van der Waals surface area (Å²) in [5.74, 6) is -28.5. The highest BCUT2D eigenvalue weighted by atomic mass is 19.4. The zero-order chi connectivity index (χ0) is 18.1. The molecule has 0 aliphatic rings. The summed E-state index contributed by atoms with van der Waals surface area (Å²) in [5.41, 5.74) is -0.580. The summed E-state index contributed by atoms with van der Waals surface area (Å²) < 4.78 is 129. The second kappa shape index (κ2) is 5.95. The van der Waals surface area contributed by atoms with E-state index >= 15 is 0 Å². The maximum atomic E-state index is 13.0. The fourth-order valence-electron chi connectivity index (χ4n) is 0.946. The molecule has 0 bridgehead atoms. The number of carbonyl (C=O) groups excluding carboxylic acids is 1. The minimum atomic E-state index is -7.10. The van der Waals surface area contributed by atoms with Gasteiger partial charge in [0.15, 0.2) is 6.61 Å². The van der Waals surface area contributed by atoms with E-state index < -0.39 is 48.3 Å². The zero-order valence-corrected chi connectivity index (χ0v) is 10.6. The molecular formula is C10H8F10O2. The van der Waals surface area contributed by atoms with Crippen molar-refractivity contribution in [3.8, 4) is 0 Å². The van der Waals surface area contributed by atoms with E-state index in [4.69, 9.17) is 0 Å². The van der Waals surface area contributed by atoms with Crippen LogP contribution in [0.2, 0.25) is 0 Å². The number of carbonyl (C=O) groups is 1. The molecule has 0 aliphatic carbocycles. The van der Waals surface area contributed by atoms with Gasteiger partial charge in [-0.15, -0.1) is 0 Å². The Balaban J connectivity index is 5.50. The lowest BCUT2D eigenvalue weighted by Gasteiger charge is -2.36. The number of halogens is 10. The standard InChI is InChI=1S/C10H8F10O2/c1-4(2)5(21)22-3-7(13,14)9(17,18)10(19,20)8(15,16)6(11)12/h6H,1,3H2,2H3. The number of hydrogen-bond acceptors (Lipinski definition) is 2. The van der Waals surface area contributed by atoms with Crippen LogP contribution < -0.4 is 0 Å². The lowest BCUT2D eigenvalue weighted by atomic mass is 9.99. The molecule has 0 heterocycles. The summed E-state index contributed by atoms with van der Waals surface area (Å²) >= 11 is 0. The summed E-state index contributed by atoms with van der Waals surface area (Å²) in [6, 6.07) is 0. The average molecular weight is 350 g/mol. The number of ether oxygens (including phenoxy) is 1. The van der Waals surface area contributed by atoms with Gasteiger partial charge in [0.2, 0.25) is 0 Å². The van der Waals surface area contributed by atoms with Gasteiger partial charge in [0.1, 0.15) is 0 Å². The molecule has 0 saturated carbocycles. The quantitative estimate of drug-likeness (QED) is 0.395. The molecule has 0 aromatic rings. The van der Waals surface area contributed by atoms with E-state index in [1.807, 2.05) is 0 Å². The average Bonchev–Trinajstić information content (AvgIpc) is 2.34. The third-order valence-electron chi connectivity index (χ3n) is 2.28. The van der Waals surface area contributed by atoms with E-state index in [-0.39, 0.29) is 0 Å². The molecule has 0 unspecified atom stereocenters. The van der Waals surface area contributed by atoms with Gasteiger partial charge in [-0.25, -0.2) is 13.6 Å². The second-order valence-electron chi connectivity index (χ2n) is 4.13. The molecule has 2 nitrogen and oxygen atoms in total. The van der Waals surface area contributed by atoms with Crippen molar-refractivity contribution in [1.29, 1.82) is 0 Å². The Bertz CT molecular complexity index is 443. The van der Waals surface area contributed by atoms with Crippen LogP contribution in [0.4, 0.5) is 43.9 Å². The van der Waals surface area contributed by atoms with Gasteiger partial charge < -0.3 is 4.74 Å². The lowest BCUT2D eigenvalue weighted by molar-refractivity contribution is -0.386. The Kier molecular flexibility index (Phi) is 5.55. The Labute approximate surface area is 116 Å². The minimum absolute atomic E-state index is 0.580. The Morgan fingerprint density at radius 3 is 1.73 bits per heavy atom. The topological polar surface area (TPSA) is 26.3 Å². The molecule has 0 aromatic carbocycles. The van der Waals surface area contributed by atoms with Gasteiger partial charge in [0.05, 0.1) is 0 Å². The molecular weight excluding hydrogens is 342 g/mol. The molecule has 0 aliphatic heterocycles. The van der Waals surface area contributed by atoms with Crippen LogP contribution in [0.3, 0.4) is 0 Å². The largest absolute Gasteiger partial charge is 0.456 e. The van der Waals surface area contributed by atoms with Crippen molar-refractivity contribution in [3.05, 3.63) is 12.2 Å². The molecule has 0 radical (unpaired) electrons. The summed E-state index contributed by atoms with van der Waals surface area (Å²) in [4.78, 5) is 10.7. The van der Waals surface area contributed by atoms with E-state index in [1.165, 1.54) is 0 Å². The predicted octanol–water partition coefficient (Wildman–Crippen LogP) is 3.91. The Hall–Kier alpha value is -1.49. The summed E-state index contributed by atoms with van der Waals surface area (Å²) in [6.45, 7) is 1.01. The highest BCUT2D eigenvalue weighted by Crippen LogP contribution is 2.54. The van der Waals surface area contributed by atoms with E-state index in [0.29, 0.717) is 0 Å². The van der Waals surface area contributed by atoms with Crippen molar-refractivity contribution in [3.63, 3.8) is 0 Å². The molecule has 0 amide bonds. The molecule has 0 rings (SSSR count). The number of alkyl halides is 10. The summed E-state index contributed by atoms with van der Waals surface area (Å²) in [7, 11) is 0. The molecule has 0 N–H and O–H groups in total. The third kappa shape index (κ3) is 3.29. The van der Waals surface area contributed by atoms with Crippen molar-refractivity contribution in [1.82, 2.24) is 0 Å². The highest BCUT2D eigenvalue weighted by Gasteiger charge is 2.83. The molecule has 0 fully saturated rings. The first-order valence-corrected chi connectivity index (χ1v) is 5.14. The first kappa shape index (κ1) is 20.5. The fraction of sp³-hybridized carbons (Fsp3) is 0.700. The first-order chi connectivity index (χ1) is 9.52. The van der Waals surface area contributed by atoms with Crippen LogP contribution in [-0.4, -0.2) is 42.7 Å². The maximum Gasteiger partial charge on any atom is 0.384 e. The van der Waals surface area contributed by atoms with Gasteiger partial charge >= 0.3 is 36.1 Å². The van der Waals surface area contributed by atoms with Gasteiger partial charge in [-0.05, 0) is 6.92 Å².